The quantitative estimate of drug-likeness (QED) is 0.904. The summed E-state index contributed by atoms with van der Waals surface area (Å²) in [4.78, 5) is 4.99. The van der Waals surface area contributed by atoms with E-state index in [0.29, 0.717) is 4.90 Å². The second-order valence-corrected chi connectivity index (χ2v) is 6.98. The minimum absolute atomic E-state index is 0.253. The van der Waals surface area contributed by atoms with Crippen LogP contribution in [0.15, 0.2) is 23.1 Å². The summed E-state index contributed by atoms with van der Waals surface area (Å²) in [7, 11) is -3.17. The zero-order valence-corrected chi connectivity index (χ0v) is 11.9. The molecule has 1 aromatic heterocycles. The Labute approximate surface area is 112 Å². The number of hydrogen-bond donors (Lipinski definition) is 1. The van der Waals surface area contributed by atoms with Gasteiger partial charge in [-0.1, -0.05) is 6.92 Å². The molecule has 6 heteroatoms. The third-order valence-corrected chi connectivity index (χ3v) is 4.73. The van der Waals surface area contributed by atoms with Gasteiger partial charge in [0.25, 0.3) is 0 Å². The Bertz CT molecular complexity index is 734. The van der Waals surface area contributed by atoms with E-state index in [4.69, 9.17) is 0 Å². The molecule has 1 unspecified atom stereocenters. The van der Waals surface area contributed by atoms with Crippen molar-refractivity contribution in [3.05, 3.63) is 24.0 Å². The van der Waals surface area contributed by atoms with Gasteiger partial charge in [-0.2, -0.15) is 0 Å². The molecule has 5 nitrogen and oxygen atoms in total. The molecule has 0 amide bonds. The van der Waals surface area contributed by atoms with Gasteiger partial charge in [-0.05, 0) is 24.6 Å². The standard InChI is InChI=1S/C13H17N3O2S/c1-3-10-13-15-11-5-4-9(19(2,17)18)8-12(11)16(13)7-6-14-10/h4-5,8,10,14H,3,6-7H2,1-2H3. The molecule has 0 fully saturated rings. The van der Waals surface area contributed by atoms with Crippen molar-refractivity contribution in [3.8, 4) is 0 Å². The van der Waals surface area contributed by atoms with Crippen LogP contribution in [0, 0.1) is 0 Å². The molecule has 0 radical (unpaired) electrons. The van der Waals surface area contributed by atoms with E-state index >= 15 is 0 Å². The summed E-state index contributed by atoms with van der Waals surface area (Å²) in [6, 6.07) is 5.41. The molecular weight excluding hydrogens is 262 g/mol. The zero-order valence-electron chi connectivity index (χ0n) is 11.0. The number of benzene rings is 1. The third-order valence-electron chi connectivity index (χ3n) is 3.62. The van der Waals surface area contributed by atoms with Crippen LogP contribution in [0.2, 0.25) is 0 Å². The number of rotatable bonds is 2. The topological polar surface area (TPSA) is 64.0 Å². The molecule has 3 rings (SSSR count). The average molecular weight is 279 g/mol. The second kappa shape index (κ2) is 4.31. The highest BCUT2D eigenvalue weighted by atomic mass is 32.2. The molecule has 1 aromatic carbocycles. The van der Waals surface area contributed by atoms with Gasteiger partial charge < -0.3 is 9.88 Å². The summed E-state index contributed by atoms with van der Waals surface area (Å²) in [5, 5.41) is 3.43. The maximum absolute atomic E-state index is 11.6. The van der Waals surface area contributed by atoms with Crippen molar-refractivity contribution in [3.63, 3.8) is 0 Å². The van der Waals surface area contributed by atoms with Crippen molar-refractivity contribution >= 4 is 20.9 Å². The number of aromatic nitrogens is 2. The first-order valence-electron chi connectivity index (χ1n) is 6.44. The third kappa shape index (κ3) is 2.04. The highest BCUT2D eigenvalue weighted by Gasteiger charge is 2.23. The lowest BCUT2D eigenvalue weighted by atomic mass is 10.2. The smallest absolute Gasteiger partial charge is 0.175 e. The van der Waals surface area contributed by atoms with Crippen LogP contribution >= 0.6 is 0 Å². The molecule has 0 aliphatic carbocycles. The van der Waals surface area contributed by atoms with E-state index in [1.807, 2.05) is 0 Å². The fraction of sp³-hybridized carbons (Fsp3) is 0.462. The Balaban J connectivity index is 2.24. The molecule has 19 heavy (non-hydrogen) atoms. The maximum Gasteiger partial charge on any atom is 0.175 e. The summed E-state index contributed by atoms with van der Waals surface area (Å²) in [6.07, 6.45) is 2.21. The highest BCUT2D eigenvalue weighted by molar-refractivity contribution is 7.90. The normalized spacial score (nSPS) is 19.6. The lowest BCUT2D eigenvalue weighted by molar-refractivity contribution is 0.411. The first-order valence-corrected chi connectivity index (χ1v) is 8.33. The number of hydrogen-bond acceptors (Lipinski definition) is 4. The van der Waals surface area contributed by atoms with Gasteiger partial charge in [0.2, 0.25) is 0 Å². The predicted octanol–water partition coefficient (Wildman–Crippen LogP) is 1.49. The van der Waals surface area contributed by atoms with Crippen LogP contribution in [0.5, 0.6) is 0 Å². The predicted molar refractivity (Wildman–Crippen MR) is 73.9 cm³/mol. The average Bonchev–Trinajstić information content (AvgIpc) is 2.75. The molecule has 1 aliphatic rings. The van der Waals surface area contributed by atoms with Crippen molar-refractivity contribution in [1.82, 2.24) is 14.9 Å². The molecule has 2 aromatic rings. The van der Waals surface area contributed by atoms with Crippen LogP contribution in [0.25, 0.3) is 11.0 Å². The Kier molecular flexibility index (Phi) is 2.87. The van der Waals surface area contributed by atoms with Crippen LogP contribution in [-0.4, -0.2) is 30.8 Å². The molecule has 1 N–H and O–H groups in total. The molecular formula is C13H17N3O2S. The van der Waals surface area contributed by atoms with Gasteiger partial charge >= 0.3 is 0 Å². The van der Waals surface area contributed by atoms with Gasteiger partial charge in [0.05, 0.1) is 22.0 Å². The molecule has 1 atom stereocenters. The van der Waals surface area contributed by atoms with Crippen molar-refractivity contribution in [1.29, 1.82) is 0 Å². The Morgan fingerprint density at radius 1 is 1.47 bits per heavy atom. The van der Waals surface area contributed by atoms with Crippen LogP contribution in [0.4, 0.5) is 0 Å². The van der Waals surface area contributed by atoms with Gasteiger partial charge in [-0.25, -0.2) is 13.4 Å². The lowest BCUT2D eigenvalue weighted by Gasteiger charge is -2.24. The maximum atomic E-state index is 11.6. The number of nitrogens with one attached hydrogen (secondary N) is 1. The van der Waals surface area contributed by atoms with Crippen LogP contribution < -0.4 is 5.32 Å². The van der Waals surface area contributed by atoms with Crippen LogP contribution in [0.1, 0.15) is 25.2 Å². The van der Waals surface area contributed by atoms with Crippen LogP contribution in [-0.2, 0) is 16.4 Å². The molecule has 0 spiro atoms. The number of nitrogens with zero attached hydrogens (tertiary/aromatic N) is 2. The van der Waals surface area contributed by atoms with Gasteiger partial charge in [0, 0.05) is 19.3 Å². The Hall–Kier alpha value is -1.40. The van der Waals surface area contributed by atoms with Gasteiger partial charge in [0.1, 0.15) is 5.82 Å². The monoisotopic (exact) mass is 279 g/mol. The van der Waals surface area contributed by atoms with Gasteiger partial charge in [-0.3, -0.25) is 0 Å². The van der Waals surface area contributed by atoms with Crippen molar-refractivity contribution in [2.24, 2.45) is 0 Å². The van der Waals surface area contributed by atoms with E-state index < -0.39 is 9.84 Å². The second-order valence-electron chi connectivity index (χ2n) is 4.96. The summed E-state index contributed by atoms with van der Waals surface area (Å²) in [6.45, 7) is 3.84. The molecule has 0 saturated heterocycles. The SMILES string of the molecule is CCC1NCCn2c1nc1ccc(S(C)(=O)=O)cc12. The molecule has 0 saturated carbocycles. The van der Waals surface area contributed by atoms with E-state index in [1.165, 1.54) is 6.26 Å². The number of imidazole rings is 1. The minimum Gasteiger partial charge on any atom is -0.325 e. The van der Waals surface area contributed by atoms with Crippen molar-refractivity contribution in [2.75, 3.05) is 12.8 Å². The van der Waals surface area contributed by atoms with Crippen molar-refractivity contribution < 1.29 is 8.42 Å². The summed E-state index contributed by atoms with van der Waals surface area (Å²) < 4.78 is 25.4. The summed E-state index contributed by atoms with van der Waals surface area (Å²) >= 11 is 0. The lowest BCUT2D eigenvalue weighted by Crippen LogP contribution is -2.33. The summed E-state index contributed by atoms with van der Waals surface area (Å²) in [5.74, 6) is 1.01. The molecule has 102 valence electrons. The Morgan fingerprint density at radius 2 is 2.26 bits per heavy atom. The highest BCUT2D eigenvalue weighted by Crippen LogP contribution is 2.27. The fourth-order valence-corrected chi connectivity index (χ4v) is 3.26. The van der Waals surface area contributed by atoms with E-state index in [0.717, 1.165) is 36.4 Å². The van der Waals surface area contributed by atoms with E-state index in [9.17, 15) is 8.42 Å². The van der Waals surface area contributed by atoms with E-state index in [2.05, 4.69) is 21.8 Å². The fourth-order valence-electron chi connectivity index (χ4n) is 2.62. The first-order chi connectivity index (χ1) is 9.00. The van der Waals surface area contributed by atoms with Gasteiger partial charge in [-0.15, -0.1) is 0 Å². The van der Waals surface area contributed by atoms with E-state index in [1.54, 1.807) is 18.2 Å². The Morgan fingerprint density at radius 3 is 2.95 bits per heavy atom. The number of sulfone groups is 1. The zero-order chi connectivity index (χ0) is 13.6. The molecule has 1 aliphatic heterocycles. The van der Waals surface area contributed by atoms with Gasteiger partial charge in [0.15, 0.2) is 9.84 Å². The number of fused-ring (bicyclic) bond motifs is 3. The molecule has 0 bridgehead atoms. The van der Waals surface area contributed by atoms with Crippen molar-refractivity contribution in [2.45, 2.75) is 30.8 Å². The van der Waals surface area contributed by atoms with E-state index in [-0.39, 0.29) is 6.04 Å². The molecule has 2 heterocycles. The first kappa shape index (κ1) is 12.6. The largest absolute Gasteiger partial charge is 0.325 e. The minimum atomic E-state index is -3.17. The van der Waals surface area contributed by atoms with Crippen LogP contribution in [0.3, 0.4) is 0 Å². The summed E-state index contributed by atoms with van der Waals surface area (Å²) in [5.41, 5.74) is 1.78.